The molecule has 0 aliphatic carbocycles. The quantitative estimate of drug-likeness (QED) is 0.458. The van der Waals surface area contributed by atoms with E-state index in [-0.39, 0.29) is 5.41 Å². The summed E-state index contributed by atoms with van der Waals surface area (Å²) >= 11 is 0. The normalized spacial score (nSPS) is 11.5. The highest BCUT2D eigenvalue weighted by Gasteiger charge is 2.16. The van der Waals surface area contributed by atoms with Gasteiger partial charge in [0.15, 0.2) is 0 Å². The van der Waals surface area contributed by atoms with Gasteiger partial charge in [-0.15, -0.1) is 0 Å². The second-order valence-corrected chi connectivity index (χ2v) is 8.75. The standard InChI is InChI=1S/C25H28N6/c1-16-22(18-7-6-8-19(15-18)25(3,4)5)29-24(30-23(16)26)28-20-9-11-21(12-10-20)31-14-13-27-17(31)2/h6-15H,1-5H3,(H3,26,28,29,30). The minimum absolute atomic E-state index is 0.0545. The van der Waals surface area contributed by atoms with Crippen LogP contribution in [-0.4, -0.2) is 19.5 Å². The highest BCUT2D eigenvalue weighted by Crippen LogP contribution is 2.31. The van der Waals surface area contributed by atoms with Crippen LogP contribution in [0.25, 0.3) is 16.9 Å². The lowest BCUT2D eigenvalue weighted by Crippen LogP contribution is -2.11. The molecule has 0 saturated heterocycles. The Bertz CT molecular complexity index is 1220. The molecule has 0 spiro atoms. The molecule has 2 aromatic carbocycles. The third-order valence-corrected chi connectivity index (χ3v) is 5.41. The molecule has 2 aromatic heterocycles. The van der Waals surface area contributed by atoms with Crippen LogP contribution in [0.3, 0.4) is 0 Å². The zero-order valence-corrected chi connectivity index (χ0v) is 18.6. The Labute approximate surface area is 183 Å². The number of benzene rings is 2. The van der Waals surface area contributed by atoms with Crippen LogP contribution in [0.15, 0.2) is 60.9 Å². The second-order valence-electron chi connectivity index (χ2n) is 8.75. The predicted octanol–water partition coefficient (Wildman–Crippen LogP) is 5.57. The molecule has 0 saturated carbocycles. The number of anilines is 3. The molecular weight excluding hydrogens is 384 g/mol. The first-order valence-corrected chi connectivity index (χ1v) is 10.3. The molecule has 3 N–H and O–H groups in total. The SMILES string of the molecule is Cc1c(N)nc(Nc2ccc(-n3ccnc3C)cc2)nc1-c1cccc(C(C)(C)C)c1. The lowest BCUT2D eigenvalue weighted by Gasteiger charge is -2.20. The van der Waals surface area contributed by atoms with Crippen molar-refractivity contribution in [1.29, 1.82) is 0 Å². The first-order valence-electron chi connectivity index (χ1n) is 10.3. The molecule has 0 unspecified atom stereocenters. The Hall–Kier alpha value is -3.67. The number of aryl methyl sites for hydroxylation is 1. The Morgan fingerprint density at radius 2 is 1.71 bits per heavy atom. The van der Waals surface area contributed by atoms with Gasteiger partial charge in [-0.3, -0.25) is 0 Å². The predicted molar refractivity (Wildman–Crippen MR) is 127 cm³/mol. The summed E-state index contributed by atoms with van der Waals surface area (Å²) in [5.41, 5.74) is 12.2. The van der Waals surface area contributed by atoms with E-state index in [9.17, 15) is 0 Å². The largest absolute Gasteiger partial charge is 0.383 e. The summed E-state index contributed by atoms with van der Waals surface area (Å²) in [5, 5.41) is 3.29. The second kappa shape index (κ2) is 7.87. The van der Waals surface area contributed by atoms with Crippen molar-refractivity contribution in [3.05, 3.63) is 77.9 Å². The van der Waals surface area contributed by atoms with Crippen LogP contribution in [0.2, 0.25) is 0 Å². The maximum atomic E-state index is 6.24. The van der Waals surface area contributed by atoms with Gasteiger partial charge in [-0.2, -0.15) is 4.98 Å². The number of hydrogen-bond acceptors (Lipinski definition) is 5. The third kappa shape index (κ3) is 4.28. The zero-order valence-electron chi connectivity index (χ0n) is 18.6. The molecule has 4 aromatic rings. The molecule has 0 radical (unpaired) electrons. The van der Waals surface area contributed by atoms with Crippen molar-refractivity contribution in [2.24, 2.45) is 0 Å². The van der Waals surface area contributed by atoms with Crippen LogP contribution in [0.5, 0.6) is 0 Å². The Morgan fingerprint density at radius 3 is 2.35 bits per heavy atom. The van der Waals surface area contributed by atoms with Crippen LogP contribution in [0.1, 0.15) is 37.7 Å². The van der Waals surface area contributed by atoms with Crippen molar-refractivity contribution >= 4 is 17.5 Å². The molecule has 0 fully saturated rings. The monoisotopic (exact) mass is 412 g/mol. The smallest absolute Gasteiger partial charge is 0.229 e. The summed E-state index contributed by atoms with van der Waals surface area (Å²) in [6.07, 6.45) is 3.74. The van der Waals surface area contributed by atoms with Crippen LogP contribution < -0.4 is 11.1 Å². The first kappa shape index (κ1) is 20.6. The van der Waals surface area contributed by atoms with Crippen LogP contribution in [-0.2, 0) is 5.41 Å². The molecule has 0 aliphatic heterocycles. The van der Waals surface area contributed by atoms with E-state index in [1.807, 2.05) is 48.9 Å². The fraction of sp³-hybridized carbons (Fsp3) is 0.240. The molecule has 0 atom stereocenters. The van der Waals surface area contributed by atoms with Crippen molar-refractivity contribution in [2.45, 2.75) is 40.0 Å². The van der Waals surface area contributed by atoms with Gasteiger partial charge in [0.1, 0.15) is 11.6 Å². The number of imidazole rings is 1. The van der Waals surface area contributed by atoms with Gasteiger partial charge in [0, 0.05) is 34.9 Å². The van der Waals surface area contributed by atoms with Gasteiger partial charge >= 0.3 is 0 Å². The Balaban J connectivity index is 1.65. The summed E-state index contributed by atoms with van der Waals surface area (Å²) in [7, 11) is 0. The maximum absolute atomic E-state index is 6.24. The minimum Gasteiger partial charge on any atom is -0.383 e. The van der Waals surface area contributed by atoms with Gasteiger partial charge in [0.2, 0.25) is 5.95 Å². The Morgan fingerprint density at radius 1 is 0.968 bits per heavy atom. The van der Waals surface area contributed by atoms with E-state index in [1.54, 1.807) is 6.20 Å². The van der Waals surface area contributed by atoms with Crippen LogP contribution in [0, 0.1) is 13.8 Å². The van der Waals surface area contributed by atoms with Gasteiger partial charge in [-0.05, 0) is 55.2 Å². The number of nitrogen functional groups attached to an aromatic ring is 1. The molecule has 6 heteroatoms. The van der Waals surface area contributed by atoms with E-state index in [4.69, 9.17) is 10.7 Å². The lowest BCUT2D eigenvalue weighted by atomic mass is 9.85. The number of rotatable bonds is 4. The number of aromatic nitrogens is 4. The summed E-state index contributed by atoms with van der Waals surface area (Å²) in [6, 6.07) is 16.5. The molecule has 0 aliphatic rings. The number of nitrogens with two attached hydrogens (primary N) is 1. The Kier molecular flexibility index (Phi) is 5.23. The van der Waals surface area contributed by atoms with Gasteiger partial charge in [-0.1, -0.05) is 39.0 Å². The van der Waals surface area contributed by atoms with Crippen molar-refractivity contribution in [3.63, 3.8) is 0 Å². The third-order valence-electron chi connectivity index (χ3n) is 5.41. The van der Waals surface area contributed by atoms with E-state index < -0.39 is 0 Å². The van der Waals surface area contributed by atoms with Crippen molar-refractivity contribution in [2.75, 3.05) is 11.1 Å². The van der Waals surface area contributed by atoms with E-state index in [2.05, 4.69) is 60.3 Å². The molecular formula is C25H28N6. The number of nitrogens with one attached hydrogen (secondary N) is 1. The van der Waals surface area contributed by atoms with Gasteiger partial charge in [-0.25, -0.2) is 9.97 Å². The fourth-order valence-corrected chi connectivity index (χ4v) is 3.49. The maximum Gasteiger partial charge on any atom is 0.229 e. The summed E-state index contributed by atoms with van der Waals surface area (Å²) in [4.78, 5) is 13.5. The summed E-state index contributed by atoms with van der Waals surface area (Å²) in [6.45, 7) is 10.5. The average molecular weight is 413 g/mol. The van der Waals surface area contributed by atoms with Crippen molar-refractivity contribution < 1.29 is 0 Å². The minimum atomic E-state index is 0.0545. The van der Waals surface area contributed by atoms with Gasteiger partial charge in [0.25, 0.3) is 0 Å². The molecule has 6 nitrogen and oxygen atoms in total. The van der Waals surface area contributed by atoms with E-state index in [0.717, 1.165) is 34.0 Å². The molecule has 4 rings (SSSR count). The van der Waals surface area contributed by atoms with E-state index in [0.29, 0.717) is 11.8 Å². The highest BCUT2D eigenvalue weighted by molar-refractivity contribution is 5.71. The fourth-order valence-electron chi connectivity index (χ4n) is 3.49. The van der Waals surface area contributed by atoms with Crippen LogP contribution >= 0.6 is 0 Å². The summed E-state index contributed by atoms with van der Waals surface area (Å²) in [5.74, 6) is 1.89. The zero-order chi connectivity index (χ0) is 22.2. The summed E-state index contributed by atoms with van der Waals surface area (Å²) < 4.78 is 2.03. The van der Waals surface area contributed by atoms with Gasteiger partial charge in [0.05, 0.1) is 5.69 Å². The molecule has 0 bridgehead atoms. The molecule has 0 amide bonds. The van der Waals surface area contributed by atoms with Crippen LogP contribution in [0.4, 0.5) is 17.5 Å². The van der Waals surface area contributed by atoms with Gasteiger partial charge < -0.3 is 15.6 Å². The average Bonchev–Trinajstić information content (AvgIpc) is 3.16. The highest BCUT2D eigenvalue weighted by atomic mass is 15.1. The number of hydrogen-bond donors (Lipinski definition) is 2. The molecule has 158 valence electrons. The van der Waals surface area contributed by atoms with E-state index in [1.165, 1.54) is 5.56 Å². The van der Waals surface area contributed by atoms with Crippen molar-refractivity contribution in [1.82, 2.24) is 19.5 Å². The lowest BCUT2D eigenvalue weighted by molar-refractivity contribution is 0.590. The molecule has 2 heterocycles. The first-order chi connectivity index (χ1) is 14.7. The molecule has 31 heavy (non-hydrogen) atoms. The van der Waals surface area contributed by atoms with Crippen molar-refractivity contribution in [3.8, 4) is 16.9 Å². The van der Waals surface area contributed by atoms with E-state index >= 15 is 0 Å². The number of nitrogens with zero attached hydrogens (tertiary/aromatic N) is 4. The topological polar surface area (TPSA) is 81.6 Å².